The second-order valence-corrected chi connectivity index (χ2v) is 6.80. The first-order chi connectivity index (χ1) is 13.7. The fraction of sp³-hybridized carbons (Fsp3) is 0.0952. The Morgan fingerprint density at radius 2 is 1.68 bits per heavy atom. The molecule has 3 aromatic rings. The Morgan fingerprint density at radius 3 is 2.39 bits per heavy atom. The molecule has 1 heterocycles. The number of hydrogen-bond acceptors (Lipinski definition) is 5. The lowest BCUT2D eigenvalue weighted by molar-refractivity contribution is -0.113. The summed E-state index contributed by atoms with van der Waals surface area (Å²) in [4.78, 5) is 29.4. The van der Waals surface area contributed by atoms with E-state index in [1.54, 1.807) is 55.9 Å². The van der Waals surface area contributed by atoms with Gasteiger partial charge in [-0.2, -0.15) is 0 Å². The highest BCUT2D eigenvalue weighted by Gasteiger charge is 2.10. The van der Waals surface area contributed by atoms with Crippen LogP contribution in [0.4, 0.5) is 11.4 Å². The molecule has 0 aliphatic rings. The first-order valence-corrected chi connectivity index (χ1v) is 9.51. The topological polar surface area (TPSA) is 80.3 Å². The van der Waals surface area contributed by atoms with Crippen LogP contribution in [0.25, 0.3) is 0 Å². The predicted molar refractivity (Wildman–Crippen MR) is 111 cm³/mol. The lowest BCUT2D eigenvalue weighted by atomic mass is 10.2. The van der Waals surface area contributed by atoms with E-state index in [0.29, 0.717) is 28.4 Å². The van der Waals surface area contributed by atoms with Gasteiger partial charge in [0.2, 0.25) is 5.91 Å². The molecule has 0 fully saturated rings. The maximum Gasteiger partial charge on any atom is 0.255 e. The number of carbonyl (C=O) groups excluding carboxylic acids is 2. The Balaban J connectivity index is 1.55. The van der Waals surface area contributed by atoms with Gasteiger partial charge in [0.15, 0.2) is 0 Å². The minimum Gasteiger partial charge on any atom is -0.495 e. The molecule has 0 radical (unpaired) electrons. The predicted octanol–water partition coefficient (Wildman–Crippen LogP) is 4.07. The van der Waals surface area contributed by atoms with Crippen LogP contribution in [0, 0.1) is 0 Å². The van der Waals surface area contributed by atoms with Crippen molar-refractivity contribution in [1.29, 1.82) is 0 Å². The Hall–Kier alpha value is -3.32. The van der Waals surface area contributed by atoms with Crippen molar-refractivity contribution in [2.75, 3.05) is 23.5 Å². The van der Waals surface area contributed by atoms with Crippen LogP contribution in [-0.4, -0.2) is 29.7 Å². The van der Waals surface area contributed by atoms with Gasteiger partial charge in [-0.1, -0.05) is 12.1 Å². The summed E-state index contributed by atoms with van der Waals surface area (Å²) in [6.07, 6.45) is 3.38. The minimum atomic E-state index is -0.254. The fourth-order valence-electron chi connectivity index (χ4n) is 2.43. The van der Waals surface area contributed by atoms with Gasteiger partial charge in [0.25, 0.3) is 5.91 Å². The number of carbonyl (C=O) groups is 2. The van der Waals surface area contributed by atoms with E-state index in [0.717, 1.165) is 4.90 Å². The molecule has 142 valence electrons. The molecular formula is C21H19N3O3S. The summed E-state index contributed by atoms with van der Waals surface area (Å²) in [5.41, 5.74) is 1.71. The average molecular weight is 393 g/mol. The van der Waals surface area contributed by atoms with E-state index in [1.807, 2.05) is 24.3 Å². The standard InChI is InChI=1S/C21H19N3O3S/c1-27-19-5-3-2-4-18(19)24-21(26)15-6-8-16(9-7-15)23-20(25)14-28-17-10-12-22-13-11-17/h2-13H,14H2,1H3,(H,23,25)(H,24,26). The van der Waals surface area contributed by atoms with E-state index in [1.165, 1.54) is 11.8 Å². The van der Waals surface area contributed by atoms with Crippen molar-refractivity contribution >= 4 is 35.0 Å². The van der Waals surface area contributed by atoms with Gasteiger partial charge < -0.3 is 15.4 Å². The van der Waals surface area contributed by atoms with E-state index in [-0.39, 0.29) is 11.8 Å². The molecule has 28 heavy (non-hydrogen) atoms. The van der Waals surface area contributed by atoms with Gasteiger partial charge in [-0.3, -0.25) is 14.6 Å². The second-order valence-electron chi connectivity index (χ2n) is 5.75. The summed E-state index contributed by atoms with van der Waals surface area (Å²) in [7, 11) is 1.55. The monoisotopic (exact) mass is 393 g/mol. The highest BCUT2D eigenvalue weighted by molar-refractivity contribution is 8.00. The van der Waals surface area contributed by atoms with Gasteiger partial charge in [-0.15, -0.1) is 11.8 Å². The van der Waals surface area contributed by atoms with Gasteiger partial charge in [-0.25, -0.2) is 0 Å². The zero-order chi connectivity index (χ0) is 19.8. The number of rotatable bonds is 7. The molecule has 3 rings (SSSR count). The van der Waals surface area contributed by atoms with Gasteiger partial charge in [-0.05, 0) is 48.5 Å². The largest absolute Gasteiger partial charge is 0.495 e. The zero-order valence-electron chi connectivity index (χ0n) is 15.2. The van der Waals surface area contributed by atoms with E-state index in [4.69, 9.17) is 4.74 Å². The van der Waals surface area contributed by atoms with Crippen molar-refractivity contribution in [3.8, 4) is 5.75 Å². The molecule has 7 heteroatoms. The maximum absolute atomic E-state index is 12.4. The smallest absolute Gasteiger partial charge is 0.255 e. The number of para-hydroxylation sites is 2. The lowest BCUT2D eigenvalue weighted by Crippen LogP contribution is -2.15. The number of hydrogen-bond donors (Lipinski definition) is 2. The third-order valence-electron chi connectivity index (χ3n) is 3.81. The number of pyridine rings is 1. The molecule has 0 atom stereocenters. The Bertz CT molecular complexity index is 947. The number of nitrogens with zero attached hydrogens (tertiary/aromatic N) is 1. The number of benzene rings is 2. The number of aromatic nitrogens is 1. The van der Waals surface area contributed by atoms with Gasteiger partial charge >= 0.3 is 0 Å². The molecule has 0 saturated carbocycles. The number of anilines is 2. The summed E-state index contributed by atoms with van der Waals surface area (Å²) in [5.74, 6) is 0.509. The van der Waals surface area contributed by atoms with Gasteiger partial charge in [0.05, 0.1) is 18.6 Å². The van der Waals surface area contributed by atoms with E-state index < -0.39 is 0 Å². The van der Waals surface area contributed by atoms with Crippen molar-refractivity contribution in [3.05, 3.63) is 78.6 Å². The van der Waals surface area contributed by atoms with Gasteiger partial charge in [0, 0.05) is 28.5 Å². The Morgan fingerprint density at radius 1 is 0.964 bits per heavy atom. The van der Waals surface area contributed by atoms with Crippen LogP contribution < -0.4 is 15.4 Å². The number of amides is 2. The summed E-state index contributed by atoms with van der Waals surface area (Å²) in [6.45, 7) is 0. The van der Waals surface area contributed by atoms with Crippen LogP contribution in [0.2, 0.25) is 0 Å². The van der Waals surface area contributed by atoms with Crippen LogP contribution in [0.5, 0.6) is 5.75 Å². The van der Waals surface area contributed by atoms with Crippen molar-refractivity contribution in [3.63, 3.8) is 0 Å². The zero-order valence-corrected chi connectivity index (χ0v) is 16.0. The van der Waals surface area contributed by atoms with Crippen molar-refractivity contribution in [2.45, 2.75) is 4.90 Å². The molecule has 0 saturated heterocycles. The molecule has 1 aromatic heterocycles. The SMILES string of the molecule is COc1ccccc1NC(=O)c1ccc(NC(=O)CSc2ccncc2)cc1. The number of ether oxygens (including phenoxy) is 1. The number of methoxy groups -OCH3 is 1. The normalized spacial score (nSPS) is 10.2. The summed E-state index contributed by atoms with van der Waals surface area (Å²) in [5, 5.41) is 5.64. The Kier molecular flexibility index (Phi) is 6.64. The van der Waals surface area contributed by atoms with Crippen molar-refractivity contribution in [1.82, 2.24) is 4.98 Å². The summed E-state index contributed by atoms with van der Waals surface area (Å²) < 4.78 is 5.23. The van der Waals surface area contributed by atoms with Gasteiger partial charge in [0.1, 0.15) is 5.75 Å². The van der Waals surface area contributed by atoms with Crippen LogP contribution in [0.3, 0.4) is 0 Å². The van der Waals surface area contributed by atoms with E-state index in [9.17, 15) is 9.59 Å². The maximum atomic E-state index is 12.4. The average Bonchev–Trinajstić information content (AvgIpc) is 2.74. The first kappa shape index (κ1) is 19.4. The van der Waals surface area contributed by atoms with E-state index >= 15 is 0 Å². The minimum absolute atomic E-state index is 0.118. The highest BCUT2D eigenvalue weighted by atomic mass is 32.2. The third-order valence-corrected chi connectivity index (χ3v) is 4.82. The number of nitrogens with one attached hydrogen (secondary N) is 2. The molecule has 0 aliphatic heterocycles. The van der Waals surface area contributed by atoms with Crippen LogP contribution >= 0.6 is 11.8 Å². The fourth-order valence-corrected chi connectivity index (χ4v) is 3.11. The molecule has 0 spiro atoms. The summed E-state index contributed by atoms with van der Waals surface area (Å²) >= 11 is 1.43. The second kappa shape index (κ2) is 9.57. The van der Waals surface area contributed by atoms with Crippen LogP contribution in [-0.2, 0) is 4.79 Å². The van der Waals surface area contributed by atoms with Crippen molar-refractivity contribution in [2.24, 2.45) is 0 Å². The highest BCUT2D eigenvalue weighted by Crippen LogP contribution is 2.24. The number of thioether (sulfide) groups is 1. The third kappa shape index (κ3) is 5.34. The van der Waals surface area contributed by atoms with Crippen LogP contribution in [0.15, 0.2) is 78.0 Å². The molecule has 2 N–H and O–H groups in total. The van der Waals surface area contributed by atoms with Crippen LogP contribution in [0.1, 0.15) is 10.4 Å². The summed E-state index contributed by atoms with van der Waals surface area (Å²) in [6, 6.07) is 17.6. The quantitative estimate of drug-likeness (QED) is 0.592. The first-order valence-electron chi connectivity index (χ1n) is 8.53. The molecule has 2 aromatic carbocycles. The molecular weight excluding hydrogens is 374 g/mol. The molecule has 0 unspecified atom stereocenters. The molecule has 6 nitrogen and oxygen atoms in total. The van der Waals surface area contributed by atoms with E-state index in [2.05, 4.69) is 15.6 Å². The lowest BCUT2D eigenvalue weighted by Gasteiger charge is -2.10. The van der Waals surface area contributed by atoms with Crippen molar-refractivity contribution < 1.29 is 14.3 Å². The molecule has 0 bridgehead atoms. The Labute approximate surface area is 167 Å². The molecule has 0 aliphatic carbocycles. The molecule has 2 amide bonds.